The lowest BCUT2D eigenvalue weighted by atomic mass is 10.1. The summed E-state index contributed by atoms with van der Waals surface area (Å²) >= 11 is 0. The predicted octanol–water partition coefficient (Wildman–Crippen LogP) is 5.71. The van der Waals surface area contributed by atoms with Gasteiger partial charge in [0.25, 0.3) is 5.91 Å². The summed E-state index contributed by atoms with van der Waals surface area (Å²) in [6, 6.07) is 19.8. The minimum absolute atomic E-state index is 0.0954. The Kier molecular flexibility index (Phi) is 6.65. The molecule has 0 aromatic heterocycles. The SMILES string of the molecule is O=C(Nc1ccccc1F)Nc1cc(NC(=O)c2ccccc2)ccc1N1CCCCC1. The molecular weight excluding hydrogens is 407 g/mol. The predicted molar refractivity (Wildman–Crippen MR) is 126 cm³/mol. The maximum atomic E-state index is 13.9. The van der Waals surface area contributed by atoms with Crippen molar-refractivity contribution < 1.29 is 14.0 Å². The smallest absolute Gasteiger partial charge is 0.323 e. The Hall–Kier alpha value is -3.87. The van der Waals surface area contributed by atoms with Crippen molar-refractivity contribution in [1.82, 2.24) is 0 Å². The van der Waals surface area contributed by atoms with Gasteiger partial charge in [0.05, 0.1) is 17.1 Å². The van der Waals surface area contributed by atoms with Crippen molar-refractivity contribution >= 4 is 34.7 Å². The van der Waals surface area contributed by atoms with E-state index < -0.39 is 11.8 Å². The number of halogens is 1. The third-order valence-electron chi connectivity index (χ3n) is 5.36. The van der Waals surface area contributed by atoms with Crippen LogP contribution in [-0.2, 0) is 0 Å². The van der Waals surface area contributed by atoms with Crippen molar-refractivity contribution in [2.24, 2.45) is 0 Å². The molecule has 6 nitrogen and oxygen atoms in total. The average molecular weight is 432 g/mol. The fraction of sp³-hybridized carbons (Fsp3) is 0.200. The van der Waals surface area contributed by atoms with E-state index in [4.69, 9.17) is 0 Å². The maximum Gasteiger partial charge on any atom is 0.323 e. The van der Waals surface area contributed by atoms with Gasteiger partial charge in [-0.1, -0.05) is 30.3 Å². The van der Waals surface area contributed by atoms with E-state index in [0.717, 1.165) is 31.6 Å². The highest BCUT2D eigenvalue weighted by Crippen LogP contribution is 2.32. The monoisotopic (exact) mass is 432 g/mol. The van der Waals surface area contributed by atoms with Crippen LogP contribution in [0.25, 0.3) is 0 Å². The Morgan fingerprint density at radius 2 is 1.44 bits per heavy atom. The van der Waals surface area contributed by atoms with E-state index in [2.05, 4.69) is 20.9 Å². The summed E-state index contributed by atoms with van der Waals surface area (Å²) in [6.45, 7) is 1.78. The van der Waals surface area contributed by atoms with Gasteiger partial charge in [-0.05, 0) is 61.7 Å². The average Bonchev–Trinajstić information content (AvgIpc) is 2.82. The topological polar surface area (TPSA) is 73.5 Å². The van der Waals surface area contributed by atoms with Gasteiger partial charge in [0.2, 0.25) is 0 Å². The Morgan fingerprint density at radius 1 is 0.750 bits per heavy atom. The molecule has 0 spiro atoms. The number of piperidine rings is 1. The van der Waals surface area contributed by atoms with Gasteiger partial charge in [-0.25, -0.2) is 9.18 Å². The summed E-state index contributed by atoms with van der Waals surface area (Å²) in [5.41, 5.74) is 2.61. The second-order valence-electron chi connectivity index (χ2n) is 7.66. The minimum atomic E-state index is -0.556. The Balaban J connectivity index is 1.56. The lowest BCUT2D eigenvalue weighted by Crippen LogP contribution is -2.31. The first-order valence-corrected chi connectivity index (χ1v) is 10.7. The number of para-hydroxylation sites is 1. The lowest BCUT2D eigenvalue weighted by molar-refractivity contribution is 0.102. The normalized spacial score (nSPS) is 13.3. The summed E-state index contributed by atoms with van der Waals surface area (Å²) in [6.07, 6.45) is 3.33. The van der Waals surface area contributed by atoms with Crippen LogP contribution >= 0.6 is 0 Å². The molecule has 0 saturated carbocycles. The van der Waals surface area contributed by atoms with Gasteiger partial charge in [0.1, 0.15) is 5.82 Å². The van der Waals surface area contributed by atoms with Gasteiger partial charge in [0.15, 0.2) is 0 Å². The van der Waals surface area contributed by atoms with Crippen molar-refractivity contribution in [3.8, 4) is 0 Å². The number of carbonyl (C=O) groups is 2. The fourth-order valence-electron chi connectivity index (χ4n) is 3.76. The van der Waals surface area contributed by atoms with Crippen LogP contribution in [0.1, 0.15) is 29.6 Å². The Morgan fingerprint density at radius 3 is 2.19 bits per heavy atom. The number of anilines is 4. The van der Waals surface area contributed by atoms with Crippen molar-refractivity contribution in [3.05, 3.63) is 84.2 Å². The van der Waals surface area contributed by atoms with Crippen molar-refractivity contribution in [2.45, 2.75) is 19.3 Å². The maximum absolute atomic E-state index is 13.9. The second-order valence-corrected chi connectivity index (χ2v) is 7.66. The first kappa shape index (κ1) is 21.4. The summed E-state index contributed by atoms with van der Waals surface area (Å²) in [5.74, 6) is -0.749. The van der Waals surface area contributed by atoms with Crippen LogP contribution in [0.3, 0.4) is 0 Å². The van der Waals surface area contributed by atoms with Crippen molar-refractivity contribution in [1.29, 1.82) is 0 Å². The summed E-state index contributed by atoms with van der Waals surface area (Å²) in [4.78, 5) is 27.4. The summed E-state index contributed by atoms with van der Waals surface area (Å²) in [5, 5.41) is 8.24. The molecule has 0 unspecified atom stereocenters. The van der Waals surface area contributed by atoms with Crippen LogP contribution < -0.4 is 20.9 Å². The first-order valence-electron chi connectivity index (χ1n) is 10.7. The number of benzene rings is 3. The molecule has 1 fully saturated rings. The van der Waals surface area contributed by atoms with E-state index in [1.807, 2.05) is 18.2 Å². The molecule has 0 bridgehead atoms. The quantitative estimate of drug-likeness (QED) is 0.483. The van der Waals surface area contributed by atoms with E-state index in [1.165, 1.54) is 18.6 Å². The molecule has 3 amide bonds. The number of amides is 3. The number of urea groups is 1. The molecule has 32 heavy (non-hydrogen) atoms. The van der Waals surface area contributed by atoms with E-state index in [-0.39, 0.29) is 11.6 Å². The molecule has 164 valence electrons. The molecule has 1 saturated heterocycles. The van der Waals surface area contributed by atoms with Gasteiger partial charge in [-0.3, -0.25) is 4.79 Å². The molecule has 7 heteroatoms. The zero-order valence-electron chi connectivity index (χ0n) is 17.6. The molecule has 0 aliphatic carbocycles. The Bertz CT molecular complexity index is 1100. The summed E-state index contributed by atoms with van der Waals surface area (Å²) in [7, 11) is 0. The number of nitrogens with one attached hydrogen (secondary N) is 3. The van der Waals surface area contributed by atoms with E-state index in [9.17, 15) is 14.0 Å². The highest BCUT2D eigenvalue weighted by molar-refractivity contribution is 6.06. The van der Waals surface area contributed by atoms with Crippen LogP contribution in [-0.4, -0.2) is 25.0 Å². The third-order valence-corrected chi connectivity index (χ3v) is 5.36. The standard InChI is InChI=1S/C25H25FN4O2/c26-20-11-5-6-12-21(20)28-25(32)29-22-17-19(27-24(31)18-9-3-1-4-10-18)13-14-23(22)30-15-7-2-8-16-30/h1,3-6,9-14,17H,2,7-8,15-16H2,(H,27,31)(H2,28,29,32). The van der Waals surface area contributed by atoms with Gasteiger partial charge in [0, 0.05) is 24.3 Å². The van der Waals surface area contributed by atoms with E-state index in [1.54, 1.807) is 42.5 Å². The fourth-order valence-corrected chi connectivity index (χ4v) is 3.76. The zero-order valence-corrected chi connectivity index (χ0v) is 17.6. The van der Waals surface area contributed by atoms with E-state index in [0.29, 0.717) is 16.9 Å². The molecule has 1 aliphatic heterocycles. The van der Waals surface area contributed by atoms with E-state index >= 15 is 0 Å². The van der Waals surface area contributed by atoms with Gasteiger partial charge >= 0.3 is 6.03 Å². The molecule has 3 aromatic rings. The minimum Gasteiger partial charge on any atom is -0.370 e. The van der Waals surface area contributed by atoms with Crippen LogP contribution in [0.5, 0.6) is 0 Å². The lowest BCUT2D eigenvalue weighted by Gasteiger charge is -2.31. The van der Waals surface area contributed by atoms with Crippen LogP contribution in [0, 0.1) is 5.82 Å². The number of rotatable bonds is 5. The van der Waals surface area contributed by atoms with Gasteiger partial charge in [-0.2, -0.15) is 0 Å². The molecule has 1 aliphatic rings. The van der Waals surface area contributed by atoms with Gasteiger partial charge in [-0.15, -0.1) is 0 Å². The third kappa shape index (κ3) is 5.24. The van der Waals surface area contributed by atoms with Crippen molar-refractivity contribution in [3.63, 3.8) is 0 Å². The highest BCUT2D eigenvalue weighted by atomic mass is 19.1. The number of nitrogens with zero attached hydrogens (tertiary/aromatic N) is 1. The molecule has 3 N–H and O–H groups in total. The number of hydrogen-bond acceptors (Lipinski definition) is 3. The summed E-state index contributed by atoms with van der Waals surface area (Å²) < 4.78 is 13.9. The number of carbonyl (C=O) groups excluding carboxylic acids is 2. The van der Waals surface area contributed by atoms with Gasteiger partial charge < -0.3 is 20.9 Å². The van der Waals surface area contributed by atoms with Crippen LogP contribution in [0.4, 0.5) is 31.9 Å². The molecule has 0 atom stereocenters. The van der Waals surface area contributed by atoms with Crippen molar-refractivity contribution in [2.75, 3.05) is 33.9 Å². The molecule has 4 rings (SSSR count). The molecule has 3 aromatic carbocycles. The van der Waals surface area contributed by atoms with Crippen LogP contribution in [0.15, 0.2) is 72.8 Å². The zero-order chi connectivity index (χ0) is 22.3. The molecule has 1 heterocycles. The first-order chi connectivity index (χ1) is 15.6. The second kappa shape index (κ2) is 9.96. The molecular formula is C25H25FN4O2. The van der Waals surface area contributed by atoms with Crippen LogP contribution in [0.2, 0.25) is 0 Å². The Labute approximate surface area is 186 Å². The highest BCUT2D eigenvalue weighted by Gasteiger charge is 2.18. The number of hydrogen-bond donors (Lipinski definition) is 3. The largest absolute Gasteiger partial charge is 0.370 e. The molecule has 0 radical (unpaired) electrons.